The summed E-state index contributed by atoms with van der Waals surface area (Å²) < 4.78 is 12.2. The fraction of sp³-hybridized carbons (Fsp3) is 0.409. The molecule has 2 fully saturated rings. The third-order valence-electron chi connectivity index (χ3n) is 5.40. The molecular weight excluding hydrogens is 427 g/mol. The number of halogens is 2. The van der Waals surface area contributed by atoms with Gasteiger partial charge in [-0.1, -0.05) is 41.4 Å². The second-order valence-corrected chi connectivity index (χ2v) is 8.41. The summed E-state index contributed by atoms with van der Waals surface area (Å²) in [4.78, 5) is 14.3. The van der Waals surface area contributed by atoms with Gasteiger partial charge in [-0.05, 0) is 29.8 Å². The highest BCUT2D eigenvalue weighted by atomic mass is 35.5. The number of para-hydroxylation sites is 1. The van der Waals surface area contributed by atoms with Gasteiger partial charge in [0.05, 0.1) is 41.0 Å². The Hall–Kier alpha value is -1.83. The van der Waals surface area contributed by atoms with Gasteiger partial charge in [-0.2, -0.15) is 0 Å². The van der Waals surface area contributed by atoms with Crippen LogP contribution in [0.3, 0.4) is 0 Å². The molecule has 160 valence electrons. The van der Waals surface area contributed by atoms with Gasteiger partial charge in [0.1, 0.15) is 5.75 Å². The minimum atomic E-state index is -0.441. The van der Waals surface area contributed by atoms with Crippen molar-refractivity contribution in [3.05, 3.63) is 63.6 Å². The molecule has 8 heteroatoms. The van der Waals surface area contributed by atoms with E-state index in [9.17, 15) is 9.90 Å². The quantitative estimate of drug-likeness (QED) is 0.731. The van der Waals surface area contributed by atoms with E-state index in [1.807, 2.05) is 24.3 Å². The normalized spacial score (nSPS) is 22.3. The molecule has 2 N–H and O–H groups in total. The number of aliphatic hydroxyl groups is 1. The van der Waals surface area contributed by atoms with Crippen LogP contribution in [-0.4, -0.2) is 61.4 Å². The topological polar surface area (TPSA) is 71.0 Å². The number of rotatable bonds is 5. The Kier molecular flexibility index (Phi) is 6.80. The van der Waals surface area contributed by atoms with E-state index in [1.165, 1.54) is 0 Å². The van der Waals surface area contributed by atoms with Gasteiger partial charge in [0.25, 0.3) is 5.91 Å². The number of aliphatic hydroxyl groups excluding tert-OH is 1. The lowest BCUT2D eigenvalue weighted by molar-refractivity contribution is 0.00499. The molecule has 2 saturated heterocycles. The summed E-state index contributed by atoms with van der Waals surface area (Å²) in [5.41, 5.74) is 1.44. The summed E-state index contributed by atoms with van der Waals surface area (Å²) in [5.74, 6) is 0.409. The number of ether oxygens (including phenoxy) is 2. The first-order valence-electron chi connectivity index (χ1n) is 9.99. The van der Waals surface area contributed by atoms with Crippen molar-refractivity contribution in [2.75, 3.05) is 39.4 Å². The number of nitrogens with one attached hydrogen (secondary N) is 1. The van der Waals surface area contributed by atoms with Crippen LogP contribution >= 0.6 is 23.2 Å². The van der Waals surface area contributed by atoms with Gasteiger partial charge in [0, 0.05) is 32.1 Å². The Morgan fingerprint density at radius 2 is 2.00 bits per heavy atom. The fourth-order valence-electron chi connectivity index (χ4n) is 3.75. The third kappa shape index (κ3) is 4.74. The Morgan fingerprint density at radius 3 is 2.77 bits per heavy atom. The number of carbonyl (C=O) groups is 1. The number of nitrogens with zero attached hydrogens (tertiary/aromatic N) is 1. The highest BCUT2D eigenvalue weighted by Crippen LogP contribution is 2.33. The molecule has 2 aliphatic rings. The number of amides is 1. The summed E-state index contributed by atoms with van der Waals surface area (Å²) in [7, 11) is 0. The summed E-state index contributed by atoms with van der Waals surface area (Å²) in [5, 5.41) is 13.9. The molecule has 2 aromatic rings. The zero-order chi connectivity index (χ0) is 21.1. The molecule has 0 spiro atoms. The van der Waals surface area contributed by atoms with Crippen molar-refractivity contribution in [3.8, 4) is 5.75 Å². The lowest BCUT2D eigenvalue weighted by Crippen LogP contribution is -2.53. The maximum Gasteiger partial charge on any atom is 0.257 e. The van der Waals surface area contributed by atoms with E-state index >= 15 is 0 Å². The van der Waals surface area contributed by atoms with Crippen LogP contribution in [0.2, 0.25) is 10.0 Å². The summed E-state index contributed by atoms with van der Waals surface area (Å²) in [6.07, 6.45) is -0.647. The molecular formula is C22H24Cl2N2O4. The van der Waals surface area contributed by atoms with Crippen molar-refractivity contribution < 1.29 is 19.4 Å². The number of likely N-dealkylation sites (tertiary alicyclic amines) is 1. The Balaban J connectivity index is 1.50. The average Bonchev–Trinajstić information content (AvgIpc) is 2.97. The molecule has 2 aromatic carbocycles. The van der Waals surface area contributed by atoms with E-state index in [1.54, 1.807) is 23.1 Å². The van der Waals surface area contributed by atoms with Crippen LogP contribution in [0.1, 0.15) is 22.0 Å². The lowest BCUT2D eigenvalue weighted by atomic mass is 9.96. The van der Waals surface area contributed by atoms with Gasteiger partial charge in [-0.25, -0.2) is 0 Å². The molecule has 2 aliphatic heterocycles. The second-order valence-electron chi connectivity index (χ2n) is 7.60. The van der Waals surface area contributed by atoms with Crippen LogP contribution in [0.4, 0.5) is 0 Å². The number of benzene rings is 2. The monoisotopic (exact) mass is 450 g/mol. The summed E-state index contributed by atoms with van der Waals surface area (Å²) >= 11 is 12.3. The van der Waals surface area contributed by atoms with Crippen LogP contribution in [0.5, 0.6) is 5.75 Å². The molecule has 2 atom stereocenters. The van der Waals surface area contributed by atoms with Crippen molar-refractivity contribution >= 4 is 29.1 Å². The molecule has 2 unspecified atom stereocenters. The maximum absolute atomic E-state index is 12.7. The standard InChI is InChI=1S/C22H24Cl2N2O4/c23-18-6-5-14(9-19(18)24)21-15(10-25-7-8-29-21)13-30-20-4-2-1-3-17(20)22(28)26-11-16(27)12-26/h1-6,9,15-16,21,25,27H,7-8,10-13H2. The molecule has 4 rings (SSSR count). The van der Waals surface area contributed by atoms with Crippen molar-refractivity contribution in [2.45, 2.75) is 12.2 Å². The predicted octanol–water partition coefficient (Wildman–Crippen LogP) is 3.17. The molecule has 6 nitrogen and oxygen atoms in total. The minimum Gasteiger partial charge on any atom is -0.492 e. The van der Waals surface area contributed by atoms with E-state index in [2.05, 4.69) is 5.32 Å². The van der Waals surface area contributed by atoms with Crippen molar-refractivity contribution in [2.24, 2.45) is 5.92 Å². The molecule has 0 radical (unpaired) electrons. The van der Waals surface area contributed by atoms with Gasteiger partial charge in [0.15, 0.2) is 0 Å². The van der Waals surface area contributed by atoms with Crippen LogP contribution in [-0.2, 0) is 4.74 Å². The van der Waals surface area contributed by atoms with Crippen LogP contribution in [0.15, 0.2) is 42.5 Å². The highest BCUT2D eigenvalue weighted by molar-refractivity contribution is 6.42. The van der Waals surface area contributed by atoms with E-state index in [0.717, 1.165) is 12.1 Å². The predicted molar refractivity (Wildman–Crippen MR) is 115 cm³/mol. The van der Waals surface area contributed by atoms with Crippen molar-refractivity contribution in [1.29, 1.82) is 0 Å². The zero-order valence-electron chi connectivity index (χ0n) is 16.4. The fourth-order valence-corrected chi connectivity index (χ4v) is 4.06. The van der Waals surface area contributed by atoms with E-state index in [0.29, 0.717) is 54.2 Å². The number of hydrogen-bond donors (Lipinski definition) is 2. The van der Waals surface area contributed by atoms with Crippen LogP contribution < -0.4 is 10.1 Å². The van der Waals surface area contributed by atoms with E-state index in [4.69, 9.17) is 32.7 Å². The maximum atomic E-state index is 12.7. The first-order valence-corrected chi connectivity index (χ1v) is 10.7. The SMILES string of the molecule is O=C(c1ccccc1OCC1CNCCOC1c1ccc(Cl)c(Cl)c1)N1CC(O)C1. The van der Waals surface area contributed by atoms with Crippen molar-refractivity contribution in [3.63, 3.8) is 0 Å². The second kappa shape index (κ2) is 9.54. The minimum absolute atomic E-state index is 0.0127. The average molecular weight is 451 g/mol. The van der Waals surface area contributed by atoms with Gasteiger partial charge in [0.2, 0.25) is 0 Å². The number of β-amino-alcohol motifs (C(OH)–C–C–N with tert-alkyl or cyclic N) is 1. The largest absolute Gasteiger partial charge is 0.492 e. The Labute approximate surface area is 185 Å². The first-order chi connectivity index (χ1) is 14.5. The summed E-state index contributed by atoms with van der Waals surface area (Å²) in [6, 6.07) is 12.7. The van der Waals surface area contributed by atoms with Gasteiger partial charge in [-0.15, -0.1) is 0 Å². The van der Waals surface area contributed by atoms with Gasteiger partial charge < -0.3 is 24.8 Å². The van der Waals surface area contributed by atoms with Crippen LogP contribution in [0, 0.1) is 5.92 Å². The van der Waals surface area contributed by atoms with Gasteiger partial charge in [-0.3, -0.25) is 4.79 Å². The Morgan fingerprint density at radius 1 is 1.20 bits per heavy atom. The first kappa shape index (κ1) is 21.4. The van der Waals surface area contributed by atoms with Crippen molar-refractivity contribution in [1.82, 2.24) is 10.2 Å². The van der Waals surface area contributed by atoms with E-state index < -0.39 is 6.10 Å². The number of carbonyl (C=O) groups excluding carboxylic acids is 1. The van der Waals surface area contributed by atoms with Crippen LogP contribution in [0.25, 0.3) is 0 Å². The van der Waals surface area contributed by atoms with E-state index in [-0.39, 0.29) is 17.9 Å². The summed E-state index contributed by atoms with van der Waals surface area (Å²) in [6.45, 7) is 3.11. The molecule has 2 heterocycles. The smallest absolute Gasteiger partial charge is 0.257 e. The molecule has 0 aliphatic carbocycles. The molecule has 0 bridgehead atoms. The number of hydrogen-bond acceptors (Lipinski definition) is 5. The third-order valence-corrected chi connectivity index (χ3v) is 6.14. The molecule has 0 aromatic heterocycles. The van der Waals surface area contributed by atoms with Gasteiger partial charge >= 0.3 is 0 Å². The molecule has 0 saturated carbocycles. The Bertz CT molecular complexity index is 904. The molecule has 1 amide bonds. The highest BCUT2D eigenvalue weighted by Gasteiger charge is 2.32. The lowest BCUT2D eigenvalue weighted by Gasteiger charge is -2.36. The zero-order valence-corrected chi connectivity index (χ0v) is 17.9. The molecule has 30 heavy (non-hydrogen) atoms.